The van der Waals surface area contributed by atoms with E-state index in [4.69, 9.17) is 9.47 Å². The van der Waals surface area contributed by atoms with Crippen LogP contribution in [0.2, 0.25) is 0 Å². The lowest BCUT2D eigenvalue weighted by atomic mass is 10.1. The molecule has 0 amide bonds. The maximum atomic E-state index is 5.57. The molecule has 1 aromatic rings. The first kappa shape index (κ1) is 12.8. The van der Waals surface area contributed by atoms with E-state index in [2.05, 4.69) is 18.3 Å². The van der Waals surface area contributed by atoms with Crippen LogP contribution in [0.3, 0.4) is 0 Å². The van der Waals surface area contributed by atoms with Gasteiger partial charge < -0.3 is 14.8 Å². The summed E-state index contributed by atoms with van der Waals surface area (Å²) in [7, 11) is 1.95. The second-order valence-corrected chi connectivity index (χ2v) is 3.58. The minimum Gasteiger partial charge on any atom is -0.490 e. The van der Waals surface area contributed by atoms with Crippen LogP contribution in [0.25, 0.3) is 0 Å². The predicted octanol–water partition coefficient (Wildman–Crippen LogP) is 2.76. The van der Waals surface area contributed by atoms with Crippen LogP contribution >= 0.6 is 0 Å². The van der Waals surface area contributed by atoms with Crippen LogP contribution < -0.4 is 14.8 Å². The van der Waals surface area contributed by atoms with Crippen molar-refractivity contribution < 1.29 is 9.47 Å². The Kier molecular flexibility index (Phi) is 5.12. The fraction of sp³-hybridized carbons (Fsp3) is 0.538. The highest BCUT2D eigenvalue weighted by atomic mass is 16.5. The number of benzene rings is 1. The third-order valence-corrected chi connectivity index (χ3v) is 2.50. The molecule has 0 aliphatic carbocycles. The minimum atomic E-state index is 0.315. The van der Waals surface area contributed by atoms with E-state index in [0.29, 0.717) is 19.3 Å². The highest BCUT2D eigenvalue weighted by Gasteiger charge is 2.09. The number of rotatable bonds is 6. The lowest BCUT2D eigenvalue weighted by Gasteiger charge is -2.15. The lowest BCUT2D eigenvalue weighted by molar-refractivity contribution is 0.287. The SMILES string of the molecule is CCOc1ccc(C(C)NC)cc1OCC. The standard InChI is InChI=1S/C13H21NO2/c1-5-15-12-8-7-11(10(3)14-4)9-13(12)16-6-2/h7-10,14H,5-6H2,1-4H3. The van der Waals surface area contributed by atoms with Gasteiger partial charge in [-0.3, -0.25) is 0 Å². The molecule has 1 rings (SSSR count). The Labute approximate surface area is 97.8 Å². The summed E-state index contributed by atoms with van der Waals surface area (Å²) in [6.45, 7) is 7.37. The Morgan fingerprint density at radius 2 is 1.75 bits per heavy atom. The third-order valence-electron chi connectivity index (χ3n) is 2.50. The Morgan fingerprint density at radius 1 is 1.12 bits per heavy atom. The van der Waals surface area contributed by atoms with Crippen molar-refractivity contribution >= 4 is 0 Å². The maximum Gasteiger partial charge on any atom is 0.161 e. The number of hydrogen-bond acceptors (Lipinski definition) is 3. The zero-order valence-corrected chi connectivity index (χ0v) is 10.5. The second kappa shape index (κ2) is 6.38. The molecule has 1 atom stereocenters. The van der Waals surface area contributed by atoms with Gasteiger partial charge in [0.2, 0.25) is 0 Å². The fourth-order valence-corrected chi connectivity index (χ4v) is 1.50. The van der Waals surface area contributed by atoms with Gasteiger partial charge in [-0.1, -0.05) is 6.07 Å². The summed E-state index contributed by atoms with van der Waals surface area (Å²) in [5, 5.41) is 3.21. The van der Waals surface area contributed by atoms with Gasteiger partial charge in [-0.15, -0.1) is 0 Å². The highest BCUT2D eigenvalue weighted by molar-refractivity contribution is 5.43. The van der Waals surface area contributed by atoms with Crippen LogP contribution in [-0.4, -0.2) is 20.3 Å². The normalized spacial score (nSPS) is 12.2. The molecule has 3 heteroatoms. The van der Waals surface area contributed by atoms with Gasteiger partial charge in [-0.05, 0) is 45.5 Å². The van der Waals surface area contributed by atoms with Crippen LogP contribution in [0.1, 0.15) is 32.4 Å². The zero-order chi connectivity index (χ0) is 12.0. The van der Waals surface area contributed by atoms with Gasteiger partial charge in [-0.2, -0.15) is 0 Å². The Bertz CT molecular complexity index is 326. The van der Waals surface area contributed by atoms with Crippen molar-refractivity contribution in [1.82, 2.24) is 5.32 Å². The average molecular weight is 223 g/mol. The first-order valence-corrected chi connectivity index (χ1v) is 5.79. The summed E-state index contributed by atoms with van der Waals surface area (Å²) in [5.41, 5.74) is 1.20. The van der Waals surface area contributed by atoms with Gasteiger partial charge >= 0.3 is 0 Å². The van der Waals surface area contributed by atoms with Crippen LogP contribution in [0.4, 0.5) is 0 Å². The van der Waals surface area contributed by atoms with Gasteiger partial charge in [0.25, 0.3) is 0 Å². The summed E-state index contributed by atoms with van der Waals surface area (Å²) >= 11 is 0. The Hall–Kier alpha value is -1.22. The van der Waals surface area contributed by atoms with E-state index in [-0.39, 0.29) is 0 Å². The molecule has 16 heavy (non-hydrogen) atoms. The van der Waals surface area contributed by atoms with E-state index >= 15 is 0 Å². The van der Waals surface area contributed by atoms with Gasteiger partial charge in [0.1, 0.15) is 0 Å². The summed E-state index contributed by atoms with van der Waals surface area (Å²) in [6.07, 6.45) is 0. The van der Waals surface area contributed by atoms with Crippen molar-refractivity contribution in [1.29, 1.82) is 0 Å². The van der Waals surface area contributed by atoms with Gasteiger partial charge in [0.15, 0.2) is 11.5 Å². The van der Waals surface area contributed by atoms with E-state index < -0.39 is 0 Å². The summed E-state index contributed by atoms with van der Waals surface area (Å²) in [5.74, 6) is 1.64. The lowest BCUT2D eigenvalue weighted by Crippen LogP contribution is -2.12. The van der Waals surface area contributed by atoms with E-state index in [9.17, 15) is 0 Å². The van der Waals surface area contributed by atoms with E-state index in [1.54, 1.807) is 0 Å². The van der Waals surface area contributed by atoms with E-state index in [1.807, 2.05) is 33.0 Å². The maximum absolute atomic E-state index is 5.57. The van der Waals surface area contributed by atoms with Crippen molar-refractivity contribution in [2.45, 2.75) is 26.8 Å². The molecule has 0 aliphatic rings. The van der Waals surface area contributed by atoms with Gasteiger partial charge in [0, 0.05) is 6.04 Å². The molecule has 0 saturated heterocycles. The molecule has 0 fully saturated rings. The Morgan fingerprint density at radius 3 is 2.31 bits per heavy atom. The van der Waals surface area contributed by atoms with Crippen molar-refractivity contribution in [3.05, 3.63) is 23.8 Å². The second-order valence-electron chi connectivity index (χ2n) is 3.58. The molecule has 0 aromatic heterocycles. The summed E-state index contributed by atoms with van der Waals surface area (Å²) in [6, 6.07) is 6.39. The van der Waals surface area contributed by atoms with Crippen molar-refractivity contribution in [3.63, 3.8) is 0 Å². The van der Waals surface area contributed by atoms with Crippen LogP contribution in [-0.2, 0) is 0 Å². The molecule has 0 spiro atoms. The molecule has 1 aromatic carbocycles. The van der Waals surface area contributed by atoms with Crippen molar-refractivity contribution in [3.8, 4) is 11.5 Å². The largest absolute Gasteiger partial charge is 0.490 e. The molecule has 0 saturated carbocycles. The van der Waals surface area contributed by atoms with E-state index in [1.165, 1.54) is 5.56 Å². The quantitative estimate of drug-likeness (QED) is 0.804. The fourth-order valence-electron chi connectivity index (χ4n) is 1.50. The molecule has 0 aliphatic heterocycles. The monoisotopic (exact) mass is 223 g/mol. The third kappa shape index (κ3) is 3.14. The first-order valence-electron chi connectivity index (χ1n) is 5.79. The smallest absolute Gasteiger partial charge is 0.161 e. The zero-order valence-electron chi connectivity index (χ0n) is 10.5. The number of hydrogen-bond donors (Lipinski definition) is 1. The van der Waals surface area contributed by atoms with Gasteiger partial charge in [0.05, 0.1) is 13.2 Å². The molecular formula is C13H21NO2. The Balaban J connectivity index is 2.96. The molecule has 1 unspecified atom stereocenters. The number of nitrogens with one attached hydrogen (secondary N) is 1. The van der Waals surface area contributed by atoms with Crippen LogP contribution in [0.5, 0.6) is 11.5 Å². The van der Waals surface area contributed by atoms with Crippen LogP contribution in [0, 0.1) is 0 Å². The van der Waals surface area contributed by atoms with E-state index in [0.717, 1.165) is 11.5 Å². The van der Waals surface area contributed by atoms with Crippen molar-refractivity contribution in [2.24, 2.45) is 0 Å². The topological polar surface area (TPSA) is 30.5 Å². The molecule has 3 nitrogen and oxygen atoms in total. The van der Waals surface area contributed by atoms with Crippen LogP contribution in [0.15, 0.2) is 18.2 Å². The van der Waals surface area contributed by atoms with Crippen molar-refractivity contribution in [2.75, 3.05) is 20.3 Å². The summed E-state index contributed by atoms with van der Waals surface area (Å²) < 4.78 is 11.1. The highest BCUT2D eigenvalue weighted by Crippen LogP contribution is 2.30. The molecular weight excluding hydrogens is 202 g/mol. The molecule has 0 heterocycles. The predicted molar refractivity (Wildman–Crippen MR) is 66.3 cm³/mol. The molecule has 0 radical (unpaired) electrons. The van der Waals surface area contributed by atoms with Gasteiger partial charge in [-0.25, -0.2) is 0 Å². The number of ether oxygens (including phenoxy) is 2. The first-order chi connectivity index (χ1) is 7.72. The molecule has 1 N–H and O–H groups in total. The minimum absolute atomic E-state index is 0.315. The summed E-state index contributed by atoms with van der Waals surface area (Å²) in [4.78, 5) is 0. The average Bonchev–Trinajstić information content (AvgIpc) is 2.31. The molecule has 0 bridgehead atoms. The molecule has 90 valence electrons.